The van der Waals surface area contributed by atoms with Crippen LogP contribution in [0, 0.1) is 12.3 Å². The highest BCUT2D eigenvalue weighted by molar-refractivity contribution is 5.38. The van der Waals surface area contributed by atoms with Crippen LogP contribution in [0.2, 0.25) is 0 Å². The van der Waals surface area contributed by atoms with Crippen LogP contribution in [0.4, 0.5) is 0 Å². The van der Waals surface area contributed by atoms with E-state index >= 15 is 0 Å². The highest BCUT2D eigenvalue weighted by Gasteiger charge is 2.28. The van der Waals surface area contributed by atoms with Crippen LogP contribution in [0.3, 0.4) is 0 Å². The lowest BCUT2D eigenvalue weighted by Crippen LogP contribution is -2.32. The molecule has 2 rings (SSSR count). The number of ether oxygens (including phenoxy) is 1. The molecule has 0 saturated carbocycles. The first-order valence-electron chi connectivity index (χ1n) is 7.97. The van der Waals surface area contributed by atoms with Gasteiger partial charge in [-0.1, -0.05) is 56.7 Å². The zero-order chi connectivity index (χ0) is 17.0. The van der Waals surface area contributed by atoms with Crippen LogP contribution in [0.25, 0.3) is 0 Å². The average molecular weight is 313 g/mol. The van der Waals surface area contributed by atoms with Crippen molar-refractivity contribution in [1.82, 2.24) is 5.32 Å². The van der Waals surface area contributed by atoms with Crippen LogP contribution in [0.15, 0.2) is 42.5 Å². The summed E-state index contributed by atoms with van der Waals surface area (Å²) in [7, 11) is 1.70. The second kappa shape index (κ2) is 7.05. The lowest BCUT2D eigenvalue weighted by molar-refractivity contribution is 0.262. The van der Waals surface area contributed by atoms with Crippen molar-refractivity contribution < 1.29 is 9.84 Å². The van der Waals surface area contributed by atoms with Gasteiger partial charge in [-0.3, -0.25) is 0 Å². The topological polar surface area (TPSA) is 41.5 Å². The summed E-state index contributed by atoms with van der Waals surface area (Å²) in [6, 6.07) is 13.9. The van der Waals surface area contributed by atoms with Crippen LogP contribution in [-0.2, 0) is 6.54 Å². The number of phenolic OH excluding ortho intramolecular Hbond substituents is 1. The molecule has 124 valence electrons. The molecule has 0 bridgehead atoms. The minimum atomic E-state index is 0.00801. The molecule has 0 aliphatic heterocycles. The van der Waals surface area contributed by atoms with Gasteiger partial charge in [0, 0.05) is 23.7 Å². The van der Waals surface area contributed by atoms with Crippen molar-refractivity contribution in [3.05, 3.63) is 59.2 Å². The number of nitrogens with one attached hydrogen (secondary N) is 1. The molecule has 0 spiro atoms. The van der Waals surface area contributed by atoms with E-state index in [1.807, 2.05) is 37.3 Å². The Morgan fingerprint density at radius 3 is 2.48 bits per heavy atom. The van der Waals surface area contributed by atoms with E-state index in [0.29, 0.717) is 12.3 Å². The van der Waals surface area contributed by atoms with Gasteiger partial charge in [-0.25, -0.2) is 0 Å². The largest absolute Gasteiger partial charge is 0.508 e. The van der Waals surface area contributed by atoms with Crippen molar-refractivity contribution in [2.24, 2.45) is 5.41 Å². The Morgan fingerprint density at radius 1 is 1.13 bits per heavy atom. The van der Waals surface area contributed by atoms with Crippen LogP contribution < -0.4 is 10.1 Å². The van der Waals surface area contributed by atoms with Gasteiger partial charge in [0.05, 0.1) is 7.11 Å². The third-order valence-electron chi connectivity index (χ3n) is 4.05. The Bertz CT molecular complexity index is 659. The van der Waals surface area contributed by atoms with E-state index in [1.165, 1.54) is 0 Å². The van der Waals surface area contributed by atoms with Crippen molar-refractivity contribution in [1.29, 1.82) is 0 Å². The molecule has 0 aliphatic carbocycles. The third-order valence-corrected chi connectivity index (χ3v) is 4.05. The maximum atomic E-state index is 10.1. The number of hydrogen-bond donors (Lipinski definition) is 2. The van der Waals surface area contributed by atoms with Gasteiger partial charge in [-0.2, -0.15) is 0 Å². The number of rotatable bonds is 5. The van der Waals surface area contributed by atoms with Gasteiger partial charge in [0.2, 0.25) is 0 Å². The van der Waals surface area contributed by atoms with Crippen LogP contribution in [0.1, 0.15) is 43.5 Å². The highest BCUT2D eigenvalue weighted by Crippen LogP contribution is 2.37. The van der Waals surface area contributed by atoms with Gasteiger partial charge < -0.3 is 15.2 Å². The summed E-state index contributed by atoms with van der Waals surface area (Å²) >= 11 is 0. The maximum absolute atomic E-state index is 10.1. The number of aryl methyl sites for hydroxylation is 1. The van der Waals surface area contributed by atoms with E-state index in [1.54, 1.807) is 13.2 Å². The molecular weight excluding hydrogens is 286 g/mol. The van der Waals surface area contributed by atoms with E-state index in [9.17, 15) is 5.11 Å². The quantitative estimate of drug-likeness (QED) is 0.848. The first-order valence-corrected chi connectivity index (χ1v) is 7.97. The molecule has 2 N–H and O–H groups in total. The molecule has 0 heterocycles. The van der Waals surface area contributed by atoms with Crippen LogP contribution in [-0.4, -0.2) is 12.2 Å². The zero-order valence-corrected chi connectivity index (χ0v) is 14.7. The van der Waals surface area contributed by atoms with Crippen molar-refractivity contribution >= 4 is 0 Å². The molecule has 0 saturated heterocycles. The van der Waals surface area contributed by atoms with E-state index in [2.05, 4.69) is 32.2 Å². The van der Waals surface area contributed by atoms with Gasteiger partial charge in [0.1, 0.15) is 11.5 Å². The summed E-state index contributed by atoms with van der Waals surface area (Å²) in [5.74, 6) is 1.21. The molecule has 0 radical (unpaired) electrons. The summed E-state index contributed by atoms with van der Waals surface area (Å²) in [6.07, 6.45) is 0. The first-order chi connectivity index (χ1) is 10.8. The molecule has 2 aromatic rings. The molecule has 3 nitrogen and oxygen atoms in total. The smallest absolute Gasteiger partial charge is 0.123 e. The Kier molecular flexibility index (Phi) is 5.32. The molecule has 0 fully saturated rings. The number of aromatic hydroxyl groups is 1. The fourth-order valence-corrected chi connectivity index (χ4v) is 2.86. The monoisotopic (exact) mass is 313 g/mol. The zero-order valence-electron chi connectivity index (χ0n) is 14.7. The van der Waals surface area contributed by atoms with Gasteiger partial charge in [0.15, 0.2) is 0 Å². The fourth-order valence-electron chi connectivity index (χ4n) is 2.86. The molecule has 23 heavy (non-hydrogen) atoms. The van der Waals surface area contributed by atoms with Gasteiger partial charge >= 0.3 is 0 Å². The van der Waals surface area contributed by atoms with Crippen molar-refractivity contribution in [2.75, 3.05) is 7.11 Å². The van der Waals surface area contributed by atoms with Crippen molar-refractivity contribution in [3.8, 4) is 11.5 Å². The predicted octanol–water partition coefficient (Wildman–Crippen LogP) is 4.59. The van der Waals surface area contributed by atoms with Crippen molar-refractivity contribution in [3.63, 3.8) is 0 Å². The second-order valence-corrected chi connectivity index (χ2v) is 7.05. The molecule has 3 heteroatoms. The second-order valence-electron chi connectivity index (χ2n) is 7.05. The Morgan fingerprint density at radius 2 is 1.83 bits per heavy atom. The number of methoxy groups -OCH3 is 1. The lowest BCUT2D eigenvalue weighted by Gasteiger charge is -2.33. The van der Waals surface area contributed by atoms with Gasteiger partial charge in [-0.05, 0) is 24.5 Å². The van der Waals surface area contributed by atoms with Gasteiger partial charge in [-0.15, -0.1) is 0 Å². The third kappa shape index (κ3) is 4.26. The summed E-state index contributed by atoms with van der Waals surface area (Å²) < 4.78 is 5.53. The predicted molar refractivity (Wildman–Crippen MR) is 94.9 cm³/mol. The average Bonchev–Trinajstić information content (AvgIpc) is 2.50. The minimum Gasteiger partial charge on any atom is -0.508 e. The summed E-state index contributed by atoms with van der Waals surface area (Å²) in [4.78, 5) is 0. The van der Waals surface area contributed by atoms with Gasteiger partial charge in [0.25, 0.3) is 0 Å². The van der Waals surface area contributed by atoms with Crippen LogP contribution in [0.5, 0.6) is 11.5 Å². The summed E-state index contributed by atoms with van der Waals surface area (Å²) in [6.45, 7) is 9.24. The van der Waals surface area contributed by atoms with Crippen LogP contribution >= 0.6 is 0 Å². The SMILES string of the molecule is COc1ccccc1[C@@H](NCc1cc(C)ccc1O)C(C)(C)C. The normalized spacial score (nSPS) is 12.9. The highest BCUT2D eigenvalue weighted by atomic mass is 16.5. The Labute approximate surface area is 139 Å². The fraction of sp³-hybridized carbons (Fsp3) is 0.400. The van der Waals surface area contributed by atoms with E-state index in [-0.39, 0.29) is 11.5 Å². The minimum absolute atomic E-state index is 0.00801. The molecule has 0 unspecified atom stereocenters. The van der Waals surface area contributed by atoms with E-state index in [4.69, 9.17) is 4.74 Å². The molecular formula is C20H27NO2. The number of hydrogen-bond acceptors (Lipinski definition) is 3. The molecule has 1 atom stereocenters. The number of benzene rings is 2. The Hall–Kier alpha value is -2.00. The molecule has 0 aromatic heterocycles. The molecule has 2 aromatic carbocycles. The first kappa shape index (κ1) is 17.4. The van der Waals surface area contributed by atoms with E-state index in [0.717, 1.165) is 22.4 Å². The Balaban J connectivity index is 2.28. The number of phenols is 1. The number of para-hydroxylation sites is 1. The molecule has 0 aliphatic rings. The maximum Gasteiger partial charge on any atom is 0.123 e. The lowest BCUT2D eigenvalue weighted by atomic mass is 9.82. The summed E-state index contributed by atoms with van der Waals surface area (Å²) in [5, 5.41) is 13.7. The van der Waals surface area contributed by atoms with E-state index < -0.39 is 0 Å². The molecule has 0 amide bonds. The van der Waals surface area contributed by atoms with Crippen molar-refractivity contribution in [2.45, 2.75) is 40.3 Å². The standard InChI is InChI=1S/C20H27NO2/c1-14-10-11-17(22)15(12-14)13-21-19(20(2,3)4)16-8-6-7-9-18(16)23-5/h6-12,19,21-22H,13H2,1-5H3/t19-/m1/s1. The summed E-state index contributed by atoms with van der Waals surface area (Å²) in [5.41, 5.74) is 3.20.